The number of nitrogens with zero attached hydrogens (tertiary/aromatic N) is 1. The summed E-state index contributed by atoms with van der Waals surface area (Å²) >= 11 is 0. The quantitative estimate of drug-likeness (QED) is 0.784. The van der Waals surface area contributed by atoms with Gasteiger partial charge in [-0.3, -0.25) is 4.90 Å². The lowest BCUT2D eigenvalue weighted by molar-refractivity contribution is 0.0620. The predicted molar refractivity (Wildman–Crippen MR) is 76.7 cm³/mol. The monoisotopic (exact) mass is 253 g/mol. The van der Waals surface area contributed by atoms with Crippen LogP contribution < -0.4 is 0 Å². The van der Waals surface area contributed by atoms with Crippen LogP contribution in [-0.2, 0) is 0 Å². The first-order valence-electron chi connectivity index (χ1n) is 8.03. The summed E-state index contributed by atoms with van der Waals surface area (Å²) in [6.45, 7) is 7.21. The summed E-state index contributed by atoms with van der Waals surface area (Å²) in [5.41, 5.74) is 0.121. The summed E-state index contributed by atoms with van der Waals surface area (Å²) in [7, 11) is 0. The van der Waals surface area contributed by atoms with Crippen molar-refractivity contribution >= 4 is 0 Å². The van der Waals surface area contributed by atoms with Crippen molar-refractivity contribution in [3.8, 4) is 0 Å². The molecule has 0 aromatic carbocycles. The molecule has 1 heterocycles. The second kappa shape index (κ2) is 6.38. The Morgan fingerprint density at radius 1 is 1.17 bits per heavy atom. The van der Waals surface area contributed by atoms with E-state index in [1.54, 1.807) is 0 Å². The first-order valence-corrected chi connectivity index (χ1v) is 8.03. The molecule has 1 N–H and O–H groups in total. The van der Waals surface area contributed by atoms with Gasteiger partial charge >= 0.3 is 0 Å². The number of hydrogen-bond acceptors (Lipinski definition) is 2. The molecule has 1 saturated carbocycles. The van der Waals surface area contributed by atoms with Gasteiger partial charge in [-0.2, -0.15) is 0 Å². The molecule has 2 atom stereocenters. The third kappa shape index (κ3) is 3.27. The molecule has 1 saturated heterocycles. The van der Waals surface area contributed by atoms with Gasteiger partial charge in [0.15, 0.2) is 0 Å². The Labute approximate surface area is 113 Å². The lowest BCUT2D eigenvalue weighted by Crippen LogP contribution is -2.43. The zero-order valence-electron chi connectivity index (χ0n) is 12.3. The maximum atomic E-state index is 9.70. The minimum Gasteiger partial charge on any atom is -0.396 e. The number of hydrogen-bond donors (Lipinski definition) is 1. The molecule has 2 nitrogen and oxygen atoms in total. The zero-order chi connectivity index (χ0) is 13.0. The first-order chi connectivity index (χ1) is 8.68. The van der Waals surface area contributed by atoms with Gasteiger partial charge in [0, 0.05) is 24.6 Å². The molecule has 2 heteroatoms. The molecule has 0 spiro atoms. The minimum absolute atomic E-state index is 0.121. The van der Waals surface area contributed by atoms with Crippen LogP contribution in [0, 0.1) is 11.3 Å². The van der Waals surface area contributed by atoms with Crippen molar-refractivity contribution in [2.45, 2.75) is 71.3 Å². The Hall–Kier alpha value is -0.0800. The van der Waals surface area contributed by atoms with Crippen LogP contribution in [0.1, 0.15) is 65.2 Å². The maximum Gasteiger partial charge on any atom is 0.0497 e. The van der Waals surface area contributed by atoms with Crippen molar-refractivity contribution in [2.24, 2.45) is 11.3 Å². The second-order valence-corrected chi connectivity index (χ2v) is 6.94. The van der Waals surface area contributed by atoms with Crippen molar-refractivity contribution in [3.05, 3.63) is 0 Å². The maximum absolute atomic E-state index is 9.70. The van der Waals surface area contributed by atoms with Crippen LogP contribution >= 0.6 is 0 Å². The standard InChI is InChI=1S/C16H31NO/c1-3-10-16(2,13-18)12-17-11-6-9-15(17)14-7-4-5-8-14/h14-15,18H,3-13H2,1-2H3. The van der Waals surface area contributed by atoms with Gasteiger partial charge in [0.25, 0.3) is 0 Å². The highest BCUT2D eigenvalue weighted by molar-refractivity contribution is 4.90. The largest absolute Gasteiger partial charge is 0.396 e. The summed E-state index contributed by atoms with van der Waals surface area (Å²) in [6.07, 6.45) is 10.9. The van der Waals surface area contributed by atoms with Gasteiger partial charge in [0.2, 0.25) is 0 Å². The van der Waals surface area contributed by atoms with Gasteiger partial charge in [-0.15, -0.1) is 0 Å². The van der Waals surface area contributed by atoms with Crippen LogP contribution in [0.25, 0.3) is 0 Å². The van der Waals surface area contributed by atoms with Crippen molar-refractivity contribution in [3.63, 3.8) is 0 Å². The molecule has 2 fully saturated rings. The van der Waals surface area contributed by atoms with E-state index in [9.17, 15) is 5.11 Å². The summed E-state index contributed by atoms with van der Waals surface area (Å²) in [5, 5.41) is 9.70. The molecule has 0 radical (unpaired) electrons. The summed E-state index contributed by atoms with van der Waals surface area (Å²) in [5.74, 6) is 0.956. The molecule has 18 heavy (non-hydrogen) atoms. The molecule has 106 valence electrons. The van der Waals surface area contributed by atoms with Crippen LogP contribution in [0.15, 0.2) is 0 Å². The summed E-state index contributed by atoms with van der Waals surface area (Å²) in [4.78, 5) is 2.71. The van der Waals surface area contributed by atoms with Crippen LogP contribution in [0.3, 0.4) is 0 Å². The van der Waals surface area contributed by atoms with Gasteiger partial charge in [-0.05, 0) is 44.6 Å². The van der Waals surface area contributed by atoms with Crippen molar-refractivity contribution in [2.75, 3.05) is 19.7 Å². The van der Waals surface area contributed by atoms with E-state index in [0.29, 0.717) is 6.61 Å². The second-order valence-electron chi connectivity index (χ2n) is 6.94. The normalized spacial score (nSPS) is 29.8. The fourth-order valence-electron chi connectivity index (χ4n) is 4.23. The molecule has 1 aliphatic heterocycles. The fourth-order valence-corrected chi connectivity index (χ4v) is 4.23. The van der Waals surface area contributed by atoms with E-state index in [1.807, 2.05) is 0 Å². The Morgan fingerprint density at radius 3 is 2.50 bits per heavy atom. The van der Waals surface area contributed by atoms with Gasteiger partial charge in [0.05, 0.1) is 0 Å². The molecule has 2 rings (SSSR count). The van der Waals surface area contributed by atoms with Crippen molar-refractivity contribution in [1.82, 2.24) is 4.90 Å². The molecule has 0 aromatic heterocycles. The highest BCUT2D eigenvalue weighted by Crippen LogP contribution is 2.37. The molecule has 0 amide bonds. The third-order valence-electron chi connectivity index (χ3n) is 5.18. The summed E-state index contributed by atoms with van der Waals surface area (Å²) < 4.78 is 0. The zero-order valence-corrected chi connectivity index (χ0v) is 12.3. The number of likely N-dealkylation sites (tertiary alicyclic amines) is 1. The van der Waals surface area contributed by atoms with E-state index in [1.165, 1.54) is 51.5 Å². The van der Waals surface area contributed by atoms with Gasteiger partial charge in [-0.25, -0.2) is 0 Å². The van der Waals surface area contributed by atoms with Gasteiger partial charge in [-0.1, -0.05) is 33.1 Å². The molecule has 0 bridgehead atoms. The highest BCUT2D eigenvalue weighted by Gasteiger charge is 2.36. The Bertz CT molecular complexity index is 249. The van der Waals surface area contributed by atoms with E-state index in [0.717, 1.165) is 24.9 Å². The number of aliphatic hydroxyl groups is 1. The third-order valence-corrected chi connectivity index (χ3v) is 5.18. The Balaban J connectivity index is 1.93. The molecular weight excluding hydrogens is 222 g/mol. The SMILES string of the molecule is CCCC(C)(CO)CN1CCCC1C1CCCC1. The minimum atomic E-state index is 0.121. The van der Waals surface area contributed by atoms with Crippen LogP contribution in [0.4, 0.5) is 0 Å². The Kier molecular flexibility index (Phi) is 5.08. The van der Waals surface area contributed by atoms with Gasteiger partial charge in [0.1, 0.15) is 0 Å². The fraction of sp³-hybridized carbons (Fsp3) is 1.00. The number of rotatable bonds is 6. The topological polar surface area (TPSA) is 23.5 Å². The highest BCUT2D eigenvalue weighted by atomic mass is 16.3. The van der Waals surface area contributed by atoms with E-state index in [-0.39, 0.29) is 5.41 Å². The lowest BCUT2D eigenvalue weighted by atomic mass is 9.85. The van der Waals surface area contributed by atoms with E-state index >= 15 is 0 Å². The van der Waals surface area contributed by atoms with E-state index < -0.39 is 0 Å². The first kappa shape index (κ1) is 14.3. The molecule has 2 unspecified atom stereocenters. The molecule has 2 aliphatic rings. The summed E-state index contributed by atoms with van der Waals surface area (Å²) in [6, 6.07) is 0.829. The molecule has 0 aromatic rings. The smallest absolute Gasteiger partial charge is 0.0497 e. The van der Waals surface area contributed by atoms with Gasteiger partial charge < -0.3 is 5.11 Å². The van der Waals surface area contributed by atoms with Crippen LogP contribution in [0.5, 0.6) is 0 Å². The molecular formula is C16H31NO. The van der Waals surface area contributed by atoms with Crippen LogP contribution in [-0.4, -0.2) is 35.7 Å². The number of aliphatic hydroxyl groups excluding tert-OH is 1. The van der Waals surface area contributed by atoms with E-state index in [2.05, 4.69) is 18.7 Å². The van der Waals surface area contributed by atoms with E-state index in [4.69, 9.17) is 0 Å². The average molecular weight is 253 g/mol. The predicted octanol–water partition coefficient (Wildman–Crippen LogP) is 3.44. The average Bonchev–Trinajstić information content (AvgIpc) is 2.99. The molecule has 1 aliphatic carbocycles. The van der Waals surface area contributed by atoms with Crippen molar-refractivity contribution in [1.29, 1.82) is 0 Å². The van der Waals surface area contributed by atoms with Crippen molar-refractivity contribution < 1.29 is 5.11 Å². The van der Waals surface area contributed by atoms with Crippen LogP contribution in [0.2, 0.25) is 0 Å². The lowest BCUT2D eigenvalue weighted by Gasteiger charge is -2.37. The Morgan fingerprint density at radius 2 is 1.89 bits per heavy atom.